The number of rotatable bonds is 9. The lowest BCUT2D eigenvalue weighted by Crippen LogP contribution is -2.37. The molecule has 0 aromatic rings. The van der Waals surface area contributed by atoms with Crippen LogP contribution in [0.25, 0.3) is 0 Å². The van der Waals surface area contributed by atoms with Crippen molar-refractivity contribution in [3.8, 4) is 0 Å². The van der Waals surface area contributed by atoms with Gasteiger partial charge in [-0.3, -0.25) is 0 Å². The Labute approximate surface area is 107 Å². The van der Waals surface area contributed by atoms with Crippen molar-refractivity contribution in [3.63, 3.8) is 0 Å². The number of ether oxygens (including phenoxy) is 1. The molecule has 0 heterocycles. The van der Waals surface area contributed by atoms with Crippen molar-refractivity contribution >= 4 is 12.6 Å². The van der Waals surface area contributed by atoms with E-state index < -0.39 is 0 Å². The quantitative estimate of drug-likeness (QED) is 0.629. The summed E-state index contributed by atoms with van der Waals surface area (Å²) in [6.45, 7) is 13.3. The first-order valence-electron chi connectivity index (χ1n) is 6.33. The molecule has 1 atom stereocenters. The van der Waals surface area contributed by atoms with Gasteiger partial charge in [0.25, 0.3) is 0 Å². The molecule has 0 aromatic carbocycles. The molecule has 0 aliphatic heterocycles. The van der Waals surface area contributed by atoms with Crippen LogP contribution >= 0.6 is 12.6 Å². The average molecular weight is 247 g/mol. The van der Waals surface area contributed by atoms with Crippen LogP contribution in [-0.4, -0.2) is 44.0 Å². The van der Waals surface area contributed by atoms with Crippen LogP contribution < -0.4 is 0 Å². The normalized spacial score (nSPS) is 14.1. The summed E-state index contributed by atoms with van der Waals surface area (Å²) in [7, 11) is 1.77. The van der Waals surface area contributed by atoms with Gasteiger partial charge in [-0.05, 0) is 23.5 Å². The van der Waals surface area contributed by atoms with Crippen molar-refractivity contribution in [2.75, 3.05) is 39.1 Å². The first-order valence-corrected chi connectivity index (χ1v) is 6.96. The second-order valence-corrected chi connectivity index (χ2v) is 5.70. The molecule has 1 unspecified atom stereocenters. The zero-order chi connectivity index (χ0) is 12.6. The van der Waals surface area contributed by atoms with E-state index in [4.69, 9.17) is 4.74 Å². The van der Waals surface area contributed by atoms with Crippen LogP contribution in [0.3, 0.4) is 0 Å². The minimum absolute atomic E-state index is 0.680. The summed E-state index contributed by atoms with van der Waals surface area (Å²) in [6.07, 6.45) is 0. The van der Waals surface area contributed by atoms with E-state index in [2.05, 4.69) is 45.2 Å². The summed E-state index contributed by atoms with van der Waals surface area (Å²) < 4.78 is 5.17. The Bertz CT molecular complexity index is 162. The SMILES string of the molecule is COCCN(CC(C)C)CC(CS)C(C)C. The molecule has 0 aromatic heterocycles. The van der Waals surface area contributed by atoms with E-state index >= 15 is 0 Å². The Kier molecular flexibility index (Phi) is 9.47. The van der Waals surface area contributed by atoms with Gasteiger partial charge in [0.2, 0.25) is 0 Å². The minimum Gasteiger partial charge on any atom is -0.383 e. The standard InChI is InChI=1S/C13H29NOS/c1-11(2)8-14(6-7-15-5)9-13(10-16)12(3)4/h11-13,16H,6-10H2,1-5H3. The lowest BCUT2D eigenvalue weighted by atomic mass is 9.97. The Morgan fingerprint density at radius 2 is 1.75 bits per heavy atom. The molecule has 0 bridgehead atoms. The zero-order valence-corrected chi connectivity index (χ0v) is 12.5. The molecule has 98 valence electrons. The lowest BCUT2D eigenvalue weighted by molar-refractivity contribution is 0.124. The number of nitrogens with zero attached hydrogens (tertiary/aromatic N) is 1. The molecule has 0 aliphatic rings. The van der Waals surface area contributed by atoms with Gasteiger partial charge in [0, 0.05) is 26.7 Å². The first-order chi connectivity index (χ1) is 7.51. The van der Waals surface area contributed by atoms with Gasteiger partial charge in [0.15, 0.2) is 0 Å². The van der Waals surface area contributed by atoms with Crippen LogP contribution in [0.1, 0.15) is 27.7 Å². The molecule has 0 fully saturated rings. The summed E-state index contributed by atoms with van der Waals surface area (Å²) in [6, 6.07) is 0. The highest BCUT2D eigenvalue weighted by Crippen LogP contribution is 2.15. The Balaban J connectivity index is 4.15. The van der Waals surface area contributed by atoms with Crippen molar-refractivity contribution in [1.82, 2.24) is 4.90 Å². The van der Waals surface area contributed by atoms with Gasteiger partial charge in [0.1, 0.15) is 0 Å². The van der Waals surface area contributed by atoms with E-state index in [1.165, 1.54) is 0 Å². The van der Waals surface area contributed by atoms with Crippen LogP contribution in [0.15, 0.2) is 0 Å². The van der Waals surface area contributed by atoms with E-state index in [-0.39, 0.29) is 0 Å². The molecule has 0 saturated heterocycles. The van der Waals surface area contributed by atoms with Crippen molar-refractivity contribution in [3.05, 3.63) is 0 Å². The van der Waals surface area contributed by atoms with Gasteiger partial charge in [-0.25, -0.2) is 0 Å². The van der Waals surface area contributed by atoms with Crippen LogP contribution in [0.2, 0.25) is 0 Å². The van der Waals surface area contributed by atoms with Crippen molar-refractivity contribution in [2.24, 2.45) is 17.8 Å². The van der Waals surface area contributed by atoms with E-state index in [0.29, 0.717) is 17.8 Å². The maximum absolute atomic E-state index is 5.17. The summed E-state index contributed by atoms with van der Waals surface area (Å²) in [4.78, 5) is 2.51. The van der Waals surface area contributed by atoms with Crippen LogP contribution in [0, 0.1) is 17.8 Å². The highest BCUT2D eigenvalue weighted by Gasteiger charge is 2.16. The van der Waals surface area contributed by atoms with E-state index in [1.54, 1.807) is 7.11 Å². The van der Waals surface area contributed by atoms with Crippen LogP contribution in [0.4, 0.5) is 0 Å². The lowest BCUT2D eigenvalue weighted by Gasteiger charge is -2.29. The molecule has 3 heteroatoms. The maximum atomic E-state index is 5.17. The second-order valence-electron chi connectivity index (χ2n) is 5.33. The van der Waals surface area contributed by atoms with E-state index in [1.807, 2.05) is 0 Å². The maximum Gasteiger partial charge on any atom is 0.0589 e. The second kappa shape index (κ2) is 9.32. The number of thiol groups is 1. The molecular weight excluding hydrogens is 218 g/mol. The third kappa shape index (κ3) is 7.53. The largest absolute Gasteiger partial charge is 0.383 e. The Morgan fingerprint density at radius 1 is 1.12 bits per heavy atom. The van der Waals surface area contributed by atoms with Gasteiger partial charge in [-0.2, -0.15) is 12.6 Å². The monoisotopic (exact) mass is 247 g/mol. The third-order valence-corrected chi connectivity index (χ3v) is 3.37. The fraction of sp³-hybridized carbons (Fsp3) is 1.00. The predicted octanol–water partition coefficient (Wildman–Crippen LogP) is 2.79. The molecule has 16 heavy (non-hydrogen) atoms. The molecule has 0 rings (SSSR count). The minimum atomic E-state index is 0.680. The van der Waals surface area contributed by atoms with Gasteiger partial charge in [0.05, 0.1) is 6.61 Å². The number of methoxy groups -OCH3 is 1. The molecule has 0 amide bonds. The van der Waals surface area contributed by atoms with Crippen molar-refractivity contribution in [1.29, 1.82) is 0 Å². The number of hydrogen-bond donors (Lipinski definition) is 1. The van der Waals surface area contributed by atoms with Gasteiger partial charge >= 0.3 is 0 Å². The fourth-order valence-electron chi connectivity index (χ4n) is 1.80. The van der Waals surface area contributed by atoms with Crippen molar-refractivity contribution < 1.29 is 4.74 Å². The molecular formula is C13H29NOS. The van der Waals surface area contributed by atoms with Gasteiger partial charge in [-0.1, -0.05) is 27.7 Å². The van der Waals surface area contributed by atoms with Crippen LogP contribution in [0.5, 0.6) is 0 Å². The molecule has 0 radical (unpaired) electrons. The van der Waals surface area contributed by atoms with Gasteiger partial charge in [-0.15, -0.1) is 0 Å². The predicted molar refractivity (Wildman–Crippen MR) is 75.3 cm³/mol. The summed E-state index contributed by atoms with van der Waals surface area (Å²) in [5, 5.41) is 0. The molecule has 0 N–H and O–H groups in total. The topological polar surface area (TPSA) is 12.5 Å². The Morgan fingerprint density at radius 3 is 2.12 bits per heavy atom. The smallest absolute Gasteiger partial charge is 0.0589 e. The molecule has 0 aliphatic carbocycles. The first kappa shape index (κ1) is 16.3. The Hall–Kier alpha value is 0.270. The summed E-state index contributed by atoms with van der Waals surface area (Å²) >= 11 is 4.45. The molecule has 2 nitrogen and oxygen atoms in total. The number of hydrogen-bond acceptors (Lipinski definition) is 3. The zero-order valence-electron chi connectivity index (χ0n) is 11.6. The molecule has 0 saturated carbocycles. The summed E-state index contributed by atoms with van der Waals surface area (Å²) in [5.74, 6) is 3.07. The summed E-state index contributed by atoms with van der Waals surface area (Å²) in [5.41, 5.74) is 0. The highest BCUT2D eigenvalue weighted by molar-refractivity contribution is 7.80. The van der Waals surface area contributed by atoms with Crippen molar-refractivity contribution in [2.45, 2.75) is 27.7 Å². The van der Waals surface area contributed by atoms with E-state index in [9.17, 15) is 0 Å². The molecule has 0 spiro atoms. The fourth-order valence-corrected chi connectivity index (χ4v) is 2.34. The van der Waals surface area contributed by atoms with Gasteiger partial charge < -0.3 is 9.64 Å². The average Bonchev–Trinajstić information content (AvgIpc) is 2.20. The highest BCUT2D eigenvalue weighted by atomic mass is 32.1. The van der Waals surface area contributed by atoms with E-state index in [0.717, 1.165) is 32.0 Å². The third-order valence-electron chi connectivity index (χ3n) is 2.91. The van der Waals surface area contributed by atoms with Crippen LogP contribution in [-0.2, 0) is 4.74 Å².